The van der Waals surface area contributed by atoms with Gasteiger partial charge in [0, 0.05) is 35.4 Å². The van der Waals surface area contributed by atoms with E-state index >= 15 is 0 Å². The SMILES string of the molecule is Nc1nc(-c2ccc([N+](=O)[O-])cc2)nc(-c2ccc([N+](=O)[O-])cc2)n1. The Morgan fingerprint density at radius 2 is 1.04 bits per heavy atom. The van der Waals surface area contributed by atoms with Crippen LogP contribution in [-0.4, -0.2) is 24.8 Å². The molecule has 0 fully saturated rings. The summed E-state index contributed by atoms with van der Waals surface area (Å²) in [6.07, 6.45) is 0. The first-order valence-corrected chi connectivity index (χ1v) is 6.95. The van der Waals surface area contributed by atoms with E-state index in [2.05, 4.69) is 15.0 Å². The van der Waals surface area contributed by atoms with E-state index in [4.69, 9.17) is 5.73 Å². The Morgan fingerprint density at radius 3 is 1.36 bits per heavy atom. The standard InChI is InChI=1S/C15H10N6O4/c16-15-18-13(9-1-5-11(6-2-9)20(22)23)17-14(19-15)10-3-7-12(8-4-10)21(24)25/h1-8H,(H2,16,17,18,19). The Kier molecular flexibility index (Phi) is 4.00. The molecule has 0 aliphatic carbocycles. The van der Waals surface area contributed by atoms with Crippen LogP contribution in [-0.2, 0) is 0 Å². The van der Waals surface area contributed by atoms with Crippen LogP contribution in [0.2, 0.25) is 0 Å². The normalized spacial score (nSPS) is 10.4. The molecule has 2 N–H and O–H groups in total. The minimum Gasteiger partial charge on any atom is -0.368 e. The maximum Gasteiger partial charge on any atom is 0.269 e. The second kappa shape index (κ2) is 6.28. The minimum absolute atomic E-state index is 0.0308. The topological polar surface area (TPSA) is 151 Å². The van der Waals surface area contributed by atoms with Crippen LogP contribution >= 0.6 is 0 Å². The van der Waals surface area contributed by atoms with Crippen LogP contribution in [0.25, 0.3) is 22.8 Å². The molecule has 0 unspecified atom stereocenters. The summed E-state index contributed by atoms with van der Waals surface area (Å²) in [5, 5.41) is 21.4. The molecule has 10 heteroatoms. The van der Waals surface area contributed by atoms with Crippen molar-refractivity contribution in [1.82, 2.24) is 15.0 Å². The van der Waals surface area contributed by atoms with Crippen LogP contribution in [0.4, 0.5) is 17.3 Å². The number of nitrogens with zero attached hydrogens (tertiary/aromatic N) is 5. The Bertz CT molecular complexity index is 881. The molecule has 0 saturated heterocycles. The first-order chi connectivity index (χ1) is 11.9. The van der Waals surface area contributed by atoms with E-state index in [-0.39, 0.29) is 29.0 Å². The zero-order valence-electron chi connectivity index (χ0n) is 12.6. The highest BCUT2D eigenvalue weighted by Gasteiger charge is 2.12. The fourth-order valence-electron chi connectivity index (χ4n) is 2.11. The number of nitrogens with two attached hydrogens (primary N) is 1. The second-order valence-electron chi connectivity index (χ2n) is 4.95. The van der Waals surface area contributed by atoms with E-state index in [1.165, 1.54) is 48.5 Å². The van der Waals surface area contributed by atoms with Crippen LogP contribution in [0.15, 0.2) is 48.5 Å². The molecule has 0 aliphatic rings. The van der Waals surface area contributed by atoms with Crippen molar-refractivity contribution in [3.63, 3.8) is 0 Å². The summed E-state index contributed by atoms with van der Waals surface area (Å²) in [5.74, 6) is 0.461. The molecule has 2 aromatic carbocycles. The van der Waals surface area contributed by atoms with Crippen molar-refractivity contribution in [2.24, 2.45) is 0 Å². The largest absolute Gasteiger partial charge is 0.368 e. The molecule has 0 saturated carbocycles. The minimum atomic E-state index is -0.506. The summed E-state index contributed by atoms with van der Waals surface area (Å²) in [4.78, 5) is 32.8. The molecule has 10 nitrogen and oxygen atoms in total. The lowest BCUT2D eigenvalue weighted by Crippen LogP contribution is -2.02. The van der Waals surface area contributed by atoms with Gasteiger partial charge in [-0.15, -0.1) is 0 Å². The first kappa shape index (κ1) is 15.9. The number of rotatable bonds is 4. The molecular formula is C15H10N6O4. The number of anilines is 1. The third kappa shape index (κ3) is 3.37. The van der Waals surface area contributed by atoms with Crippen LogP contribution in [0.5, 0.6) is 0 Å². The van der Waals surface area contributed by atoms with E-state index in [1.807, 2.05) is 0 Å². The number of hydrogen-bond donors (Lipinski definition) is 1. The van der Waals surface area contributed by atoms with Gasteiger partial charge in [0.25, 0.3) is 11.4 Å². The van der Waals surface area contributed by atoms with Gasteiger partial charge in [0.1, 0.15) is 0 Å². The first-order valence-electron chi connectivity index (χ1n) is 6.95. The number of nitro groups is 2. The van der Waals surface area contributed by atoms with Gasteiger partial charge in [0.2, 0.25) is 5.95 Å². The number of aromatic nitrogens is 3. The molecule has 25 heavy (non-hydrogen) atoms. The van der Waals surface area contributed by atoms with Crippen molar-refractivity contribution in [3.8, 4) is 22.8 Å². The van der Waals surface area contributed by atoms with E-state index in [9.17, 15) is 20.2 Å². The van der Waals surface area contributed by atoms with Gasteiger partial charge in [-0.3, -0.25) is 20.2 Å². The summed E-state index contributed by atoms with van der Waals surface area (Å²) in [7, 11) is 0. The molecule has 3 aromatic rings. The quantitative estimate of drug-likeness (QED) is 0.563. The van der Waals surface area contributed by atoms with Crippen LogP contribution in [0.1, 0.15) is 0 Å². The molecule has 0 aliphatic heterocycles. The highest BCUT2D eigenvalue weighted by atomic mass is 16.6. The van der Waals surface area contributed by atoms with E-state index in [0.29, 0.717) is 11.1 Å². The number of non-ortho nitro benzene ring substituents is 2. The molecule has 3 rings (SSSR count). The van der Waals surface area contributed by atoms with Crippen LogP contribution in [0, 0.1) is 20.2 Å². The third-order valence-corrected chi connectivity index (χ3v) is 3.33. The molecule has 1 aromatic heterocycles. The predicted octanol–water partition coefficient (Wildman–Crippen LogP) is 2.60. The van der Waals surface area contributed by atoms with E-state index < -0.39 is 9.85 Å². The van der Waals surface area contributed by atoms with Gasteiger partial charge in [-0.05, 0) is 24.3 Å². The number of nitrogen functional groups attached to an aromatic ring is 1. The van der Waals surface area contributed by atoms with Gasteiger partial charge < -0.3 is 5.73 Å². The summed E-state index contributed by atoms with van der Waals surface area (Å²) in [5.41, 5.74) is 6.66. The van der Waals surface area contributed by atoms with E-state index in [1.54, 1.807) is 0 Å². The molecule has 124 valence electrons. The van der Waals surface area contributed by atoms with Gasteiger partial charge in [0.15, 0.2) is 11.6 Å². The maximum atomic E-state index is 10.7. The average molecular weight is 338 g/mol. The second-order valence-corrected chi connectivity index (χ2v) is 4.95. The van der Waals surface area contributed by atoms with Gasteiger partial charge >= 0.3 is 0 Å². The predicted molar refractivity (Wildman–Crippen MR) is 88.4 cm³/mol. The molecule has 0 spiro atoms. The molecular weight excluding hydrogens is 328 g/mol. The lowest BCUT2D eigenvalue weighted by molar-refractivity contribution is -0.385. The highest BCUT2D eigenvalue weighted by Crippen LogP contribution is 2.24. The number of hydrogen-bond acceptors (Lipinski definition) is 8. The van der Waals surface area contributed by atoms with Gasteiger partial charge in [-0.2, -0.15) is 9.97 Å². The lowest BCUT2D eigenvalue weighted by Gasteiger charge is -2.05. The molecule has 0 bridgehead atoms. The smallest absolute Gasteiger partial charge is 0.269 e. The Hall–Kier alpha value is -3.95. The zero-order valence-corrected chi connectivity index (χ0v) is 12.6. The number of benzene rings is 2. The highest BCUT2D eigenvalue weighted by molar-refractivity contribution is 5.64. The van der Waals surface area contributed by atoms with Gasteiger partial charge in [-0.25, -0.2) is 4.98 Å². The third-order valence-electron chi connectivity index (χ3n) is 3.33. The molecule has 0 amide bonds. The summed E-state index contributed by atoms with van der Waals surface area (Å²) < 4.78 is 0. The van der Waals surface area contributed by atoms with Crippen LogP contribution in [0.3, 0.4) is 0 Å². The number of nitro benzene ring substituents is 2. The van der Waals surface area contributed by atoms with Crippen molar-refractivity contribution in [1.29, 1.82) is 0 Å². The molecule has 0 radical (unpaired) electrons. The monoisotopic (exact) mass is 338 g/mol. The Labute approximate surface area is 140 Å². The maximum absolute atomic E-state index is 10.7. The van der Waals surface area contributed by atoms with Crippen molar-refractivity contribution in [2.45, 2.75) is 0 Å². The summed E-state index contributed by atoms with van der Waals surface area (Å²) in [6.45, 7) is 0. The zero-order chi connectivity index (χ0) is 18.0. The van der Waals surface area contributed by atoms with E-state index in [0.717, 1.165) is 0 Å². The van der Waals surface area contributed by atoms with Crippen LogP contribution < -0.4 is 5.73 Å². The summed E-state index contributed by atoms with van der Waals surface area (Å²) >= 11 is 0. The summed E-state index contributed by atoms with van der Waals surface area (Å²) in [6, 6.07) is 11.4. The fourth-order valence-corrected chi connectivity index (χ4v) is 2.11. The Balaban J connectivity index is 2.00. The van der Waals surface area contributed by atoms with Gasteiger partial charge in [0.05, 0.1) is 9.85 Å². The molecule has 0 atom stereocenters. The van der Waals surface area contributed by atoms with Gasteiger partial charge in [-0.1, -0.05) is 0 Å². The van der Waals surface area contributed by atoms with Crippen molar-refractivity contribution in [2.75, 3.05) is 5.73 Å². The Morgan fingerprint density at radius 1 is 0.680 bits per heavy atom. The van der Waals surface area contributed by atoms with Crippen molar-refractivity contribution >= 4 is 17.3 Å². The van der Waals surface area contributed by atoms with Crippen molar-refractivity contribution < 1.29 is 9.85 Å². The van der Waals surface area contributed by atoms with Crippen molar-refractivity contribution in [3.05, 3.63) is 68.8 Å². The average Bonchev–Trinajstić information content (AvgIpc) is 2.61. The molecule has 1 heterocycles. The fraction of sp³-hybridized carbons (Fsp3) is 0. The lowest BCUT2D eigenvalue weighted by atomic mass is 10.1.